The molecule has 1 atom stereocenters. The van der Waals surface area contributed by atoms with Gasteiger partial charge in [0.1, 0.15) is 23.9 Å². The van der Waals surface area contributed by atoms with Crippen LogP contribution in [0.25, 0.3) is 11.0 Å². The van der Waals surface area contributed by atoms with Crippen molar-refractivity contribution < 1.29 is 14.0 Å². The number of nitrogens with one attached hydrogen (secondary N) is 1. The molecule has 2 amide bonds. The number of aryl methyl sites for hydroxylation is 1. The lowest BCUT2D eigenvalue weighted by molar-refractivity contribution is -0.127. The summed E-state index contributed by atoms with van der Waals surface area (Å²) in [7, 11) is 0. The molecule has 7 nitrogen and oxygen atoms in total. The first kappa shape index (κ1) is 23.7. The number of para-hydroxylation sites is 2. The molecule has 1 aliphatic rings. The summed E-state index contributed by atoms with van der Waals surface area (Å²) in [6, 6.07) is 19.8. The molecule has 1 saturated carbocycles. The molecule has 0 aliphatic heterocycles. The van der Waals surface area contributed by atoms with Crippen LogP contribution < -0.4 is 10.2 Å². The summed E-state index contributed by atoms with van der Waals surface area (Å²) < 4.78 is 16.7. The first-order chi connectivity index (χ1) is 17.5. The number of aromatic nitrogens is 3. The fraction of sp³-hybridized carbons (Fsp3) is 0.286. The van der Waals surface area contributed by atoms with Gasteiger partial charge in [0.15, 0.2) is 0 Å². The van der Waals surface area contributed by atoms with Crippen LogP contribution in [-0.2, 0) is 16.1 Å². The molecule has 1 fully saturated rings. The maximum atomic E-state index is 15.2. The van der Waals surface area contributed by atoms with E-state index in [0.29, 0.717) is 16.6 Å². The minimum Gasteiger partial charge on any atom is -0.351 e. The predicted molar refractivity (Wildman–Crippen MR) is 136 cm³/mol. The lowest BCUT2D eigenvalue weighted by Crippen LogP contribution is -2.47. The molecule has 8 heteroatoms. The largest absolute Gasteiger partial charge is 0.351 e. The molecule has 1 aromatic heterocycles. The molecule has 3 aromatic carbocycles. The van der Waals surface area contributed by atoms with Gasteiger partial charge in [-0.3, -0.25) is 14.5 Å². The molecule has 1 heterocycles. The lowest BCUT2D eigenvalue weighted by atomic mass is 9.97. The van der Waals surface area contributed by atoms with Crippen molar-refractivity contribution in [2.24, 2.45) is 0 Å². The minimum absolute atomic E-state index is 0.0425. The highest BCUT2D eigenvalue weighted by atomic mass is 19.1. The van der Waals surface area contributed by atoms with Crippen LogP contribution in [0.4, 0.5) is 10.1 Å². The standard InChI is InChI=1S/C28H28FN5O2/c1-19-10-2-5-13-21(19)27(28(36)30-20-11-3-4-12-20)34(24-16-8-6-14-22(24)29)26(35)18-33-25-17-9-7-15-23(25)31-32-33/h2,5-10,13-17,20,27H,3-4,11-12,18H2,1H3,(H,30,36). The number of nitrogens with zero attached hydrogens (tertiary/aromatic N) is 4. The van der Waals surface area contributed by atoms with Gasteiger partial charge >= 0.3 is 0 Å². The average Bonchev–Trinajstić information content (AvgIpc) is 3.54. The van der Waals surface area contributed by atoms with E-state index in [0.717, 1.165) is 31.2 Å². The molecule has 4 aromatic rings. The number of halogens is 1. The van der Waals surface area contributed by atoms with Crippen molar-refractivity contribution >= 4 is 28.5 Å². The highest BCUT2D eigenvalue weighted by molar-refractivity contribution is 6.01. The van der Waals surface area contributed by atoms with E-state index in [1.54, 1.807) is 12.1 Å². The second-order valence-corrected chi connectivity index (χ2v) is 9.20. The number of hydrogen-bond donors (Lipinski definition) is 1. The third-order valence-electron chi connectivity index (χ3n) is 6.78. The van der Waals surface area contributed by atoms with Crippen LogP contribution in [0.1, 0.15) is 42.9 Å². The van der Waals surface area contributed by atoms with Gasteiger partial charge in [-0.1, -0.05) is 66.6 Å². The Balaban J connectivity index is 1.60. The topological polar surface area (TPSA) is 80.1 Å². The molecule has 1 N–H and O–H groups in total. The Morgan fingerprint density at radius 1 is 1.03 bits per heavy atom. The second-order valence-electron chi connectivity index (χ2n) is 9.20. The summed E-state index contributed by atoms with van der Waals surface area (Å²) in [5, 5.41) is 11.4. The SMILES string of the molecule is Cc1ccccc1C(C(=O)NC1CCCC1)N(C(=O)Cn1nnc2ccccc21)c1ccccc1F. The fourth-order valence-corrected chi connectivity index (χ4v) is 4.94. The Morgan fingerprint density at radius 3 is 2.50 bits per heavy atom. The van der Waals surface area contributed by atoms with Gasteiger partial charge < -0.3 is 5.32 Å². The van der Waals surface area contributed by atoms with Gasteiger partial charge in [0.2, 0.25) is 11.8 Å². The minimum atomic E-state index is -1.05. The Bertz CT molecular complexity index is 1400. The highest BCUT2D eigenvalue weighted by Crippen LogP contribution is 2.33. The van der Waals surface area contributed by atoms with Crippen LogP contribution in [0.3, 0.4) is 0 Å². The van der Waals surface area contributed by atoms with E-state index in [4.69, 9.17) is 0 Å². The Hall–Kier alpha value is -4.07. The van der Waals surface area contributed by atoms with Crippen molar-refractivity contribution in [3.63, 3.8) is 0 Å². The average molecular weight is 486 g/mol. The third-order valence-corrected chi connectivity index (χ3v) is 6.78. The van der Waals surface area contributed by atoms with E-state index in [1.165, 1.54) is 21.7 Å². The molecular formula is C28H28FN5O2. The van der Waals surface area contributed by atoms with Gasteiger partial charge in [-0.15, -0.1) is 5.10 Å². The summed E-state index contributed by atoms with van der Waals surface area (Å²) in [6.45, 7) is 1.69. The molecular weight excluding hydrogens is 457 g/mol. The molecule has 1 aliphatic carbocycles. The van der Waals surface area contributed by atoms with Crippen molar-refractivity contribution in [1.82, 2.24) is 20.3 Å². The monoisotopic (exact) mass is 485 g/mol. The summed E-state index contributed by atoms with van der Waals surface area (Å²) in [4.78, 5) is 29.1. The summed E-state index contributed by atoms with van der Waals surface area (Å²) in [5.41, 5.74) is 2.86. The maximum absolute atomic E-state index is 15.2. The fourth-order valence-electron chi connectivity index (χ4n) is 4.94. The van der Waals surface area contributed by atoms with Crippen LogP contribution >= 0.6 is 0 Å². The van der Waals surface area contributed by atoms with Crippen LogP contribution in [0.15, 0.2) is 72.8 Å². The predicted octanol–water partition coefficient (Wildman–Crippen LogP) is 4.71. The second kappa shape index (κ2) is 10.3. The van der Waals surface area contributed by atoms with E-state index < -0.39 is 17.8 Å². The van der Waals surface area contributed by atoms with Gasteiger partial charge in [-0.2, -0.15) is 0 Å². The third kappa shape index (κ3) is 4.71. The smallest absolute Gasteiger partial charge is 0.249 e. The Kier molecular flexibility index (Phi) is 6.75. The van der Waals surface area contributed by atoms with Crippen molar-refractivity contribution in [3.05, 3.63) is 89.7 Å². The van der Waals surface area contributed by atoms with E-state index >= 15 is 4.39 Å². The van der Waals surface area contributed by atoms with Gasteiger partial charge in [-0.05, 0) is 55.2 Å². The van der Waals surface area contributed by atoms with Gasteiger partial charge in [0.25, 0.3) is 0 Å². The number of rotatable bonds is 7. The van der Waals surface area contributed by atoms with Gasteiger partial charge in [0, 0.05) is 6.04 Å². The van der Waals surface area contributed by atoms with Gasteiger partial charge in [0.05, 0.1) is 11.2 Å². The zero-order chi connectivity index (χ0) is 25.1. The van der Waals surface area contributed by atoms with E-state index in [-0.39, 0.29) is 24.2 Å². The van der Waals surface area contributed by atoms with Crippen molar-refractivity contribution in [1.29, 1.82) is 0 Å². The van der Waals surface area contributed by atoms with Crippen LogP contribution in [-0.4, -0.2) is 32.9 Å². The number of carbonyl (C=O) groups excluding carboxylic acids is 2. The summed E-state index contributed by atoms with van der Waals surface area (Å²) >= 11 is 0. The van der Waals surface area contributed by atoms with Crippen LogP contribution in [0.5, 0.6) is 0 Å². The first-order valence-electron chi connectivity index (χ1n) is 12.2. The van der Waals surface area contributed by atoms with E-state index in [1.807, 2.05) is 55.5 Å². The number of fused-ring (bicyclic) bond motifs is 1. The molecule has 1 unspecified atom stereocenters. The molecule has 0 bridgehead atoms. The normalized spacial score (nSPS) is 14.6. The number of carbonyl (C=O) groups is 2. The maximum Gasteiger partial charge on any atom is 0.249 e. The molecule has 0 saturated heterocycles. The van der Waals surface area contributed by atoms with E-state index in [9.17, 15) is 9.59 Å². The quantitative estimate of drug-likeness (QED) is 0.411. The molecule has 36 heavy (non-hydrogen) atoms. The molecule has 5 rings (SSSR count). The Morgan fingerprint density at radius 2 is 1.72 bits per heavy atom. The molecule has 184 valence electrons. The van der Waals surface area contributed by atoms with Crippen molar-refractivity contribution in [3.8, 4) is 0 Å². The Labute approximate surface area is 208 Å². The lowest BCUT2D eigenvalue weighted by Gasteiger charge is -2.33. The number of benzene rings is 3. The molecule has 0 spiro atoms. The van der Waals surface area contributed by atoms with Crippen molar-refractivity contribution in [2.45, 2.75) is 51.2 Å². The highest BCUT2D eigenvalue weighted by Gasteiger charge is 2.36. The first-order valence-corrected chi connectivity index (χ1v) is 12.2. The number of amides is 2. The number of anilines is 1. The zero-order valence-electron chi connectivity index (χ0n) is 20.1. The molecule has 0 radical (unpaired) electrons. The van der Waals surface area contributed by atoms with Crippen LogP contribution in [0, 0.1) is 12.7 Å². The van der Waals surface area contributed by atoms with E-state index in [2.05, 4.69) is 15.6 Å². The van der Waals surface area contributed by atoms with Gasteiger partial charge in [-0.25, -0.2) is 9.07 Å². The summed E-state index contributed by atoms with van der Waals surface area (Å²) in [5.74, 6) is -1.37. The van der Waals surface area contributed by atoms with Crippen LogP contribution in [0.2, 0.25) is 0 Å². The summed E-state index contributed by atoms with van der Waals surface area (Å²) in [6.07, 6.45) is 3.89. The number of hydrogen-bond acceptors (Lipinski definition) is 4. The van der Waals surface area contributed by atoms with Crippen molar-refractivity contribution in [2.75, 3.05) is 4.90 Å². The zero-order valence-corrected chi connectivity index (χ0v) is 20.1.